The number of aromatic amines is 1. The zero-order valence-electron chi connectivity index (χ0n) is 19.2. The number of hydrogen-bond donors (Lipinski definition) is 3. The van der Waals surface area contributed by atoms with E-state index < -0.39 is 30.1 Å². The van der Waals surface area contributed by atoms with Crippen LogP contribution in [-0.4, -0.2) is 54.2 Å². The van der Waals surface area contributed by atoms with Gasteiger partial charge in [0.2, 0.25) is 5.91 Å². The fourth-order valence-electron chi connectivity index (χ4n) is 3.54. The monoisotopic (exact) mass is 483 g/mol. The molecule has 9 heteroatoms. The van der Waals surface area contributed by atoms with Crippen LogP contribution in [0.25, 0.3) is 10.9 Å². The second kappa shape index (κ2) is 12.7. The first-order valence-corrected chi connectivity index (χ1v) is 12.3. The summed E-state index contributed by atoms with van der Waals surface area (Å²) in [6, 6.07) is 15.2. The molecule has 0 aliphatic heterocycles. The first kappa shape index (κ1) is 25.2. The lowest BCUT2D eigenvalue weighted by Crippen LogP contribution is -2.52. The third-order valence-electron chi connectivity index (χ3n) is 5.33. The minimum Gasteiger partial charge on any atom is -0.467 e. The Morgan fingerprint density at radius 3 is 2.47 bits per heavy atom. The molecular weight excluding hydrogens is 454 g/mol. The topological polar surface area (TPSA) is 110 Å². The molecule has 2 unspecified atom stereocenters. The van der Waals surface area contributed by atoms with E-state index in [4.69, 9.17) is 9.47 Å². The molecule has 0 aliphatic rings. The minimum atomic E-state index is -0.907. The Hall–Kier alpha value is -3.46. The van der Waals surface area contributed by atoms with Crippen LogP contribution < -0.4 is 10.6 Å². The number of esters is 1. The molecule has 3 rings (SSSR count). The van der Waals surface area contributed by atoms with Gasteiger partial charge in [-0.2, -0.15) is 11.8 Å². The molecule has 2 atom stereocenters. The molecule has 180 valence electrons. The van der Waals surface area contributed by atoms with Gasteiger partial charge in [0.25, 0.3) is 0 Å². The van der Waals surface area contributed by atoms with Crippen LogP contribution in [0.15, 0.2) is 60.8 Å². The van der Waals surface area contributed by atoms with E-state index in [1.165, 1.54) is 7.11 Å². The number of carbonyl (C=O) groups excluding carboxylic acids is 3. The highest BCUT2D eigenvalue weighted by molar-refractivity contribution is 7.98. The maximum atomic E-state index is 13.1. The van der Waals surface area contributed by atoms with Crippen LogP contribution in [0.2, 0.25) is 0 Å². The summed E-state index contributed by atoms with van der Waals surface area (Å²) in [5, 5.41) is 6.34. The molecule has 1 heterocycles. The highest BCUT2D eigenvalue weighted by Gasteiger charge is 2.28. The second-order valence-corrected chi connectivity index (χ2v) is 8.67. The molecule has 0 saturated heterocycles. The van der Waals surface area contributed by atoms with Gasteiger partial charge in [-0.15, -0.1) is 0 Å². The van der Waals surface area contributed by atoms with E-state index in [2.05, 4.69) is 15.6 Å². The van der Waals surface area contributed by atoms with Crippen molar-refractivity contribution in [3.63, 3.8) is 0 Å². The molecule has 3 N–H and O–H groups in total. The van der Waals surface area contributed by atoms with Crippen molar-refractivity contribution >= 4 is 40.6 Å². The van der Waals surface area contributed by atoms with Gasteiger partial charge in [0, 0.05) is 23.5 Å². The maximum absolute atomic E-state index is 13.1. The predicted molar refractivity (Wildman–Crippen MR) is 132 cm³/mol. The Kier molecular flexibility index (Phi) is 9.40. The van der Waals surface area contributed by atoms with Gasteiger partial charge < -0.3 is 25.1 Å². The Morgan fingerprint density at radius 1 is 1.00 bits per heavy atom. The number of nitrogens with one attached hydrogen (secondary N) is 3. The lowest BCUT2D eigenvalue weighted by Gasteiger charge is -2.22. The maximum Gasteiger partial charge on any atom is 0.408 e. The molecule has 0 fully saturated rings. The third kappa shape index (κ3) is 7.02. The molecule has 0 bridgehead atoms. The SMILES string of the molecule is COC(=O)C(Cc1c[nH]c2ccccc12)NC(=O)C(CCSC)NC(=O)OCc1ccccc1. The number of hydrogen-bond acceptors (Lipinski definition) is 6. The number of thioether (sulfide) groups is 1. The van der Waals surface area contributed by atoms with Gasteiger partial charge in [-0.3, -0.25) is 4.79 Å². The Bertz CT molecular complexity index is 1100. The number of amides is 2. The standard InChI is InChI=1S/C25H29N3O5S/c1-32-24(30)22(14-18-15-26-20-11-7-6-10-19(18)20)27-23(29)21(12-13-34-2)28-25(31)33-16-17-8-4-3-5-9-17/h3-11,15,21-22,26H,12-14,16H2,1-2H3,(H,27,29)(H,28,31). The summed E-state index contributed by atoms with van der Waals surface area (Å²) in [6.07, 6.45) is 3.66. The molecule has 0 aliphatic carbocycles. The van der Waals surface area contributed by atoms with Crippen molar-refractivity contribution in [2.75, 3.05) is 19.1 Å². The molecule has 2 aromatic carbocycles. The number of methoxy groups -OCH3 is 1. The van der Waals surface area contributed by atoms with Gasteiger partial charge in [-0.1, -0.05) is 48.5 Å². The first-order chi connectivity index (χ1) is 16.5. The first-order valence-electron chi connectivity index (χ1n) is 10.9. The summed E-state index contributed by atoms with van der Waals surface area (Å²) in [7, 11) is 1.28. The van der Waals surface area contributed by atoms with Crippen molar-refractivity contribution in [2.24, 2.45) is 0 Å². The van der Waals surface area contributed by atoms with Crippen molar-refractivity contribution in [2.45, 2.75) is 31.5 Å². The molecule has 3 aromatic rings. The summed E-state index contributed by atoms with van der Waals surface area (Å²) in [6.45, 7) is 0.0922. The fourth-order valence-corrected chi connectivity index (χ4v) is 4.01. The number of ether oxygens (including phenoxy) is 2. The third-order valence-corrected chi connectivity index (χ3v) is 5.98. The molecule has 8 nitrogen and oxygen atoms in total. The smallest absolute Gasteiger partial charge is 0.408 e. The number of rotatable bonds is 11. The number of carbonyl (C=O) groups is 3. The minimum absolute atomic E-state index is 0.0922. The number of H-pyrrole nitrogens is 1. The van der Waals surface area contributed by atoms with E-state index in [-0.39, 0.29) is 13.0 Å². The average Bonchev–Trinajstić information content (AvgIpc) is 3.27. The Morgan fingerprint density at radius 2 is 1.74 bits per heavy atom. The summed E-state index contributed by atoms with van der Waals surface area (Å²) in [4.78, 5) is 41.1. The summed E-state index contributed by atoms with van der Waals surface area (Å²) >= 11 is 1.55. The van der Waals surface area contributed by atoms with Crippen LogP contribution in [0.5, 0.6) is 0 Å². The second-order valence-electron chi connectivity index (χ2n) is 7.69. The number of para-hydroxylation sites is 1. The fraction of sp³-hybridized carbons (Fsp3) is 0.320. The normalized spacial score (nSPS) is 12.5. The number of aromatic nitrogens is 1. The van der Waals surface area contributed by atoms with Gasteiger partial charge in [0.15, 0.2) is 0 Å². The van der Waals surface area contributed by atoms with E-state index in [9.17, 15) is 14.4 Å². The quantitative estimate of drug-likeness (QED) is 0.361. The van der Waals surface area contributed by atoms with E-state index in [1.54, 1.807) is 11.8 Å². The average molecular weight is 484 g/mol. The molecular formula is C25H29N3O5S. The summed E-state index contributed by atoms with van der Waals surface area (Å²) in [5.41, 5.74) is 2.66. The molecule has 0 radical (unpaired) electrons. The van der Waals surface area contributed by atoms with Crippen molar-refractivity contribution in [1.29, 1.82) is 0 Å². The van der Waals surface area contributed by atoms with E-state index >= 15 is 0 Å². The van der Waals surface area contributed by atoms with Crippen molar-refractivity contribution in [3.8, 4) is 0 Å². The van der Waals surface area contributed by atoms with Crippen LogP contribution in [0, 0.1) is 0 Å². The Balaban J connectivity index is 1.66. The van der Waals surface area contributed by atoms with E-state index in [1.807, 2.05) is 67.0 Å². The van der Waals surface area contributed by atoms with Gasteiger partial charge in [0.05, 0.1) is 7.11 Å². The molecule has 0 spiro atoms. The van der Waals surface area contributed by atoms with Crippen molar-refractivity contribution in [3.05, 3.63) is 71.9 Å². The van der Waals surface area contributed by atoms with Gasteiger partial charge >= 0.3 is 12.1 Å². The van der Waals surface area contributed by atoms with Crippen molar-refractivity contribution in [1.82, 2.24) is 15.6 Å². The molecule has 2 amide bonds. The number of benzene rings is 2. The highest BCUT2D eigenvalue weighted by Crippen LogP contribution is 2.19. The van der Waals surface area contributed by atoms with Gasteiger partial charge in [-0.05, 0) is 35.6 Å². The lowest BCUT2D eigenvalue weighted by molar-refractivity contribution is -0.145. The molecule has 1 aromatic heterocycles. The van der Waals surface area contributed by atoms with Crippen LogP contribution in [-0.2, 0) is 32.1 Å². The summed E-state index contributed by atoms with van der Waals surface area (Å²) in [5.74, 6) is -0.391. The van der Waals surface area contributed by atoms with Crippen LogP contribution in [0.4, 0.5) is 4.79 Å². The number of fused-ring (bicyclic) bond motifs is 1. The largest absolute Gasteiger partial charge is 0.467 e. The van der Waals surface area contributed by atoms with E-state index in [0.29, 0.717) is 12.2 Å². The van der Waals surface area contributed by atoms with Crippen LogP contribution in [0.1, 0.15) is 17.5 Å². The van der Waals surface area contributed by atoms with E-state index in [0.717, 1.165) is 22.0 Å². The number of alkyl carbamates (subject to hydrolysis) is 1. The Labute approximate surface area is 202 Å². The molecule has 34 heavy (non-hydrogen) atoms. The molecule has 0 saturated carbocycles. The zero-order valence-corrected chi connectivity index (χ0v) is 20.0. The van der Waals surface area contributed by atoms with Crippen LogP contribution in [0.3, 0.4) is 0 Å². The summed E-state index contributed by atoms with van der Waals surface area (Å²) < 4.78 is 10.2. The van der Waals surface area contributed by atoms with Gasteiger partial charge in [0.1, 0.15) is 18.7 Å². The zero-order chi connectivity index (χ0) is 24.3. The lowest BCUT2D eigenvalue weighted by atomic mass is 10.0. The predicted octanol–water partition coefficient (Wildman–Crippen LogP) is 3.42. The highest BCUT2D eigenvalue weighted by atomic mass is 32.2. The van der Waals surface area contributed by atoms with Gasteiger partial charge in [-0.25, -0.2) is 9.59 Å². The van der Waals surface area contributed by atoms with Crippen molar-refractivity contribution < 1.29 is 23.9 Å². The van der Waals surface area contributed by atoms with Crippen LogP contribution >= 0.6 is 11.8 Å².